The zero-order valence-corrected chi connectivity index (χ0v) is 12.3. The van der Waals surface area contributed by atoms with E-state index in [1.54, 1.807) is 12.1 Å². The summed E-state index contributed by atoms with van der Waals surface area (Å²) in [6.07, 6.45) is 2.62. The first-order valence-electron chi connectivity index (χ1n) is 6.93. The summed E-state index contributed by atoms with van der Waals surface area (Å²) in [5.41, 5.74) is 6.95. The van der Waals surface area contributed by atoms with E-state index < -0.39 is 0 Å². The molecule has 1 unspecified atom stereocenters. The van der Waals surface area contributed by atoms with E-state index in [0.717, 1.165) is 18.0 Å². The van der Waals surface area contributed by atoms with Crippen LogP contribution in [0.15, 0.2) is 18.2 Å². The predicted octanol–water partition coefficient (Wildman–Crippen LogP) is 3.60. The van der Waals surface area contributed by atoms with Gasteiger partial charge in [-0.2, -0.15) is 0 Å². The molecule has 0 bridgehead atoms. The van der Waals surface area contributed by atoms with Crippen molar-refractivity contribution in [3.05, 3.63) is 34.6 Å². The molecular weight excluding hydrogens is 263 g/mol. The Labute approximate surface area is 119 Å². The average molecular weight is 285 g/mol. The number of nitrogens with zero attached hydrogens (tertiary/aromatic N) is 1. The molecule has 0 radical (unpaired) electrons. The first-order valence-corrected chi connectivity index (χ1v) is 7.31. The minimum absolute atomic E-state index is 0.110. The van der Waals surface area contributed by atoms with Crippen LogP contribution >= 0.6 is 11.6 Å². The number of hydrogen-bond donors (Lipinski definition) is 1. The molecule has 0 saturated heterocycles. The van der Waals surface area contributed by atoms with Crippen LogP contribution in [0.25, 0.3) is 0 Å². The molecule has 1 aliphatic carbocycles. The van der Waals surface area contributed by atoms with Gasteiger partial charge in [0.2, 0.25) is 0 Å². The van der Waals surface area contributed by atoms with Crippen molar-refractivity contribution in [2.24, 2.45) is 11.7 Å². The van der Waals surface area contributed by atoms with E-state index in [2.05, 4.69) is 18.7 Å². The molecule has 1 aromatic rings. The second-order valence-electron chi connectivity index (χ2n) is 5.66. The van der Waals surface area contributed by atoms with E-state index in [0.29, 0.717) is 12.6 Å². The highest BCUT2D eigenvalue weighted by Gasteiger charge is 2.30. The van der Waals surface area contributed by atoms with Gasteiger partial charge < -0.3 is 5.73 Å². The Balaban J connectivity index is 2.21. The van der Waals surface area contributed by atoms with Crippen LogP contribution in [-0.4, -0.2) is 24.0 Å². The molecule has 2 N–H and O–H groups in total. The first-order chi connectivity index (χ1) is 9.02. The molecular formula is C15H22ClFN2. The van der Waals surface area contributed by atoms with Gasteiger partial charge in [0.05, 0.1) is 5.02 Å². The minimum Gasteiger partial charge on any atom is -0.329 e. The fourth-order valence-electron chi connectivity index (χ4n) is 2.48. The number of hydrogen-bond acceptors (Lipinski definition) is 2. The van der Waals surface area contributed by atoms with Gasteiger partial charge >= 0.3 is 0 Å². The Morgan fingerprint density at radius 3 is 2.58 bits per heavy atom. The van der Waals surface area contributed by atoms with Gasteiger partial charge in [-0.15, -0.1) is 0 Å². The third kappa shape index (κ3) is 3.68. The largest absolute Gasteiger partial charge is 0.329 e. The average Bonchev–Trinajstić information content (AvgIpc) is 3.17. The highest BCUT2D eigenvalue weighted by atomic mass is 35.5. The molecule has 106 valence electrons. The normalized spacial score (nSPS) is 17.2. The van der Waals surface area contributed by atoms with Gasteiger partial charge in [0.25, 0.3) is 0 Å². The van der Waals surface area contributed by atoms with Crippen LogP contribution in [0.3, 0.4) is 0 Å². The van der Waals surface area contributed by atoms with Crippen molar-refractivity contribution in [1.29, 1.82) is 0 Å². The summed E-state index contributed by atoms with van der Waals surface area (Å²) in [5.74, 6) is 0.423. The van der Waals surface area contributed by atoms with E-state index in [-0.39, 0.29) is 16.9 Å². The molecule has 1 fully saturated rings. The Bertz CT molecular complexity index is 432. The summed E-state index contributed by atoms with van der Waals surface area (Å²) in [6.45, 7) is 5.94. The maximum Gasteiger partial charge on any atom is 0.141 e. The highest BCUT2D eigenvalue weighted by molar-refractivity contribution is 6.30. The van der Waals surface area contributed by atoms with E-state index in [9.17, 15) is 4.39 Å². The van der Waals surface area contributed by atoms with Crippen LogP contribution < -0.4 is 5.73 Å². The molecule has 0 aliphatic heterocycles. The van der Waals surface area contributed by atoms with Crippen molar-refractivity contribution in [2.45, 2.75) is 38.8 Å². The molecule has 0 aromatic heterocycles. The summed E-state index contributed by atoms with van der Waals surface area (Å²) in [4.78, 5) is 2.40. The molecule has 0 spiro atoms. The molecule has 2 nitrogen and oxygen atoms in total. The van der Waals surface area contributed by atoms with E-state index in [1.165, 1.54) is 18.9 Å². The molecule has 19 heavy (non-hydrogen) atoms. The fraction of sp³-hybridized carbons (Fsp3) is 0.600. The summed E-state index contributed by atoms with van der Waals surface area (Å²) in [5, 5.41) is 0.172. The zero-order valence-electron chi connectivity index (χ0n) is 11.6. The fourth-order valence-corrected chi connectivity index (χ4v) is 2.67. The Kier molecular flexibility index (Phi) is 4.82. The van der Waals surface area contributed by atoms with Gasteiger partial charge in [0.1, 0.15) is 5.82 Å². The second kappa shape index (κ2) is 6.21. The zero-order chi connectivity index (χ0) is 14.0. The second-order valence-corrected chi connectivity index (χ2v) is 6.07. The van der Waals surface area contributed by atoms with E-state index in [4.69, 9.17) is 17.3 Å². The lowest BCUT2D eigenvalue weighted by Crippen LogP contribution is -2.40. The van der Waals surface area contributed by atoms with Gasteiger partial charge in [0.15, 0.2) is 0 Å². The molecule has 0 heterocycles. The van der Waals surface area contributed by atoms with Crippen molar-refractivity contribution >= 4 is 11.6 Å². The molecule has 4 heteroatoms. The Morgan fingerprint density at radius 1 is 1.42 bits per heavy atom. The molecule has 0 amide bonds. The topological polar surface area (TPSA) is 29.3 Å². The van der Waals surface area contributed by atoms with Gasteiger partial charge in [-0.3, -0.25) is 4.90 Å². The molecule has 1 atom stereocenters. The molecule has 1 saturated carbocycles. The van der Waals surface area contributed by atoms with Crippen LogP contribution in [0, 0.1) is 11.7 Å². The smallest absolute Gasteiger partial charge is 0.141 e. The highest BCUT2D eigenvalue weighted by Crippen LogP contribution is 2.34. The van der Waals surface area contributed by atoms with Gasteiger partial charge in [-0.1, -0.05) is 17.7 Å². The van der Waals surface area contributed by atoms with E-state index in [1.807, 2.05) is 0 Å². The van der Waals surface area contributed by atoms with Crippen LogP contribution in [-0.2, 0) is 0 Å². The Hall–Kier alpha value is -0.640. The SMILES string of the molecule is CC(C)N(CC1CC1)C(CN)c1ccc(F)c(Cl)c1. The van der Waals surface area contributed by atoms with Crippen molar-refractivity contribution in [1.82, 2.24) is 4.90 Å². The lowest BCUT2D eigenvalue weighted by atomic mass is 10.0. The lowest BCUT2D eigenvalue weighted by molar-refractivity contribution is 0.149. The number of benzene rings is 1. The maximum absolute atomic E-state index is 13.3. The summed E-state index contributed by atoms with van der Waals surface area (Å²) in [7, 11) is 0. The third-order valence-corrected chi connectivity index (χ3v) is 4.07. The maximum atomic E-state index is 13.3. The summed E-state index contributed by atoms with van der Waals surface area (Å²) >= 11 is 5.88. The molecule has 1 aromatic carbocycles. The quantitative estimate of drug-likeness (QED) is 0.865. The number of rotatable bonds is 6. The summed E-state index contributed by atoms with van der Waals surface area (Å²) in [6, 6.07) is 5.45. The molecule has 2 rings (SSSR count). The predicted molar refractivity (Wildman–Crippen MR) is 77.8 cm³/mol. The van der Waals surface area contributed by atoms with Gasteiger partial charge in [-0.05, 0) is 50.3 Å². The minimum atomic E-state index is -0.375. The monoisotopic (exact) mass is 284 g/mol. The summed E-state index contributed by atoms with van der Waals surface area (Å²) < 4.78 is 13.3. The Morgan fingerprint density at radius 2 is 2.11 bits per heavy atom. The lowest BCUT2D eigenvalue weighted by Gasteiger charge is -2.35. The van der Waals surface area contributed by atoms with Gasteiger partial charge in [0, 0.05) is 25.2 Å². The third-order valence-electron chi connectivity index (χ3n) is 3.78. The molecule has 1 aliphatic rings. The van der Waals surface area contributed by atoms with Crippen molar-refractivity contribution in [3.63, 3.8) is 0 Å². The van der Waals surface area contributed by atoms with Crippen LogP contribution in [0.4, 0.5) is 4.39 Å². The van der Waals surface area contributed by atoms with Crippen molar-refractivity contribution in [3.8, 4) is 0 Å². The standard InChI is InChI=1S/C15H22ClFN2/c1-10(2)19(9-11-3-4-11)15(8-18)12-5-6-14(17)13(16)7-12/h5-7,10-11,15H,3-4,8-9,18H2,1-2H3. The van der Waals surface area contributed by atoms with Crippen LogP contribution in [0.1, 0.15) is 38.3 Å². The first kappa shape index (κ1) is 14.8. The van der Waals surface area contributed by atoms with Crippen LogP contribution in [0.2, 0.25) is 5.02 Å². The van der Waals surface area contributed by atoms with Gasteiger partial charge in [-0.25, -0.2) is 4.39 Å². The van der Waals surface area contributed by atoms with Crippen molar-refractivity contribution < 1.29 is 4.39 Å². The number of nitrogens with two attached hydrogens (primary N) is 1. The number of halogens is 2. The van der Waals surface area contributed by atoms with Crippen molar-refractivity contribution in [2.75, 3.05) is 13.1 Å². The van der Waals surface area contributed by atoms with Crippen LogP contribution in [0.5, 0.6) is 0 Å². The van der Waals surface area contributed by atoms with E-state index >= 15 is 0 Å².